The van der Waals surface area contributed by atoms with E-state index in [2.05, 4.69) is 24.5 Å². The molecule has 0 saturated carbocycles. The van der Waals surface area contributed by atoms with Gasteiger partial charge in [-0.15, -0.1) is 0 Å². The highest BCUT2D eigenvalue weighted by molar-refractivity contribution is 6.39. The Morgan fingerprint density at radius 1 is 1.04 bits per heavy atom. The van der Waals surface area contributed by atoms with E-state index >= 15 is 0 Å². The van der Waals surface area contributed by atoms with Crippen molar-refractivity contribution in [2.24, 2.45) is 11.8 Å². The van der Waals surface area contributed by atoms with Crippen molar-refractivity contribution in [1.82, 2.24) is 4.90 Å². The first-order valence-corrected chi connectivity index (χ1v) is 7.83. The number of hydrogen-bond acceptors (Lipinski definition) is 3. The lowest BCUT2D eigenvalue weighted by atomic mass is 9.92. The zero-order chi connectivity index (χ0) is 17.0. The molecule has 1 aromatic rings. The zero-order valence-corrected chi connectivity index (χ0v) is 13.8. The molecule has 1 aliphatic rings. The Bertz CT molecular complexity index is 605. The smallest absolute Gasteiger partial charge is 0.313 e. The molecule has 1 aliphatic heterocycles. The lowest BCUT2D eigenvalue weighted by Gasteiger charge is -2.34. The van der Waals surface area contributed by atoms with Gasteiger partial charge in [0, 0.05) is 31.4 Å². The Hall–Kier alpha value is -2.37. The summed E-state index contributed by atoms with van der Waals surface area (Å²) in [6.07, 6.45) is 1.07. The van der Waals surface area contributed by atoms with Gasteiger partial charge in [0.05, 0.1) is 0 Å². The van der Waals surface area contributed by atoms with E-state index in [1.54, 1.807) is 29.2 Å². The molecule has 0 spiro atoms. The molecular formula is C17H23N3O3. The molecule has 1 aromatic carbocycles. The Morgan fingerprint density at radius 2 is 1.61 bits per heavy atom. The maximum atomic E-state index is 12.3. The fraction of sp³-hybridized carbons (Fsp3) is 0.471. The summed E-state index contributed by atoms with van der Waals surface area (Å²) in [5.41, 5.74) is 1.05. The molecule has 1 fully saturated rings. The predicted octanol–water partition coefficient (Wildman–Crippen LogP) is 2.09. The average Bonchev–Trinajstić information content (AvgIpc) is 2.45. The number of nitrogens with one attached hydrogen (secondary N) is 2. The van der Waals surface area contributed by atoms with E-state index in [0.29, 0.717) is 36.3 Å². The highest BCUT2D eigenvalue weighted by Crippen LogP contribution is 2.21. The van der Waals surface area contributed by atoms with Crippen LogP contribution in [0.1, 0.15) is 27.2 Å². The number of carbonyl (C=O) groups is 3. The zero-order valence-electron chi connectivity index (χ0n) is 13.8. The topological polar surface area (TPSA) is 78.5 Å². The molecule has 1 heterocycles. The SMILES string of the molecule is CC(=O)Nc1cccc(NC(=O)C(=O)N2CC(C)CC(C)C2)c1. The summed E-state index contributed by atoms with van der Waals surface area (Å²) in [6.45, 7) is 6.81. The fourth-order valence-corrected chi connectivity index (χ4v) is 3.03. The molecule has 2 atom stereocenters. The highest BCUT2D eigenvalue weighted by Gasteiger charge is 2.29. The maximum absolute atomic E-state index is 12.3. The third-order valence-corrected chi connectivity index (χ3v) is 3.79. The monoisotopic (exact) mass is 317 g/mol. The summed E-state index contributed by atoms with van der Waals surface area (Å²) >= 11 is 0. The molecule has 2 unspecified atom stereocenters. The van der Waals surface area contributed by atoms with Crippen LogP contribution in [0.2, 0.25) is 0 Å². The molecule has 0 radical (unpaired) electrons. The molecule has 3 amide bonds. The summed E-state index contributed by atoms with van der Waals surface area (Å²) in [4.78, 5) is 37.1. The van der Waals surface area contributed by atoms with E-state index in [1.807, 2.05) is 0 Å². The molecule has 1 saturated heterocycles. The van der Waals surface area contributed by atoms with Gasteiger partial charge in [-0.2, -0.15) is 0 Å². The number of piperidine rings is 1. The number of rotatable bonds is 2. The predicted molar refractivity (Wildman–Crippen MR) is 88.9 cm³/mol. The van der Waals surface area contributed by atoms with E-state index in [-0.39, 0.29) is 5.91 Å². The fourth-order valence-electron chi connectivity index (χ4n) is 3.03. The van der Waals surface area contributed by atoms with Crippen molar-refractivity contribution >= 4 is 29.1 Å². The maximum Gasteiger partial charge on any atom is 0.313 e. The van der Waals surface area contributed by atoms with Crippen LogP contribution >= 0.6 is 0 Å². The number of hydrogen-bond donors (Lipinski definition) is 2. The van der Waals surface area contributed by atoms with Crippen LogP contribution in [-0.4, -0.2) is 35.7 Å². The van der Waals surface area contributed by atoms with Crippen molar-refractivity contribution in [3.8, 4) is 0 Å². The van der Waals surface area contributed by atoms with E-state index in [4.69, 9.17) is 0 Å². The number of anilines is 2. The van der Waals surface area contributed by atoms with E-state index in [9.17, 15) is 14.4 Å². The summed E-state index contributed by atoms with van der Waals surface area (Å²) in [5, 5.41) is 5.24. The minimum Gasteiger partial charge on any atom is -0.334 e. The van der Waals surface area contributed by atoms with Crippen LogP contribution in [0.3, 0.4) is 0 Å². The minimum absolute atomic E-state index is 0.194. The summed E-state index contributed by atoms with van der Waals surface area (Å²) in [6, 6.07) is 6.72. The van der Waals surface area contributed by atoms with Crippen molar-refractivity contribution < 1.29 is 14.4 Å². The van der Waals surface area contributed by atoms with Gasteiger partial charge in [0.15, 0.2) is 0 Å². The number of likely N-dealkylation sites (tertiary alicyclic amines) is 1. The van der Waals surface area contributed by atoms with Crippen LogP contribution in [0.5, 0.6) is 0 Å². The van der Waals surface area contributed by atoms with Gasteiger partial charge in [-0.3, -0.25) is 14.4 Å². The first-order chi connectivity index (χ1) is 10.8. The van der Waals surface area contributed by atoms with Crippen LogP contribution in [0, 0.1) is 11.8 Å². The second-order valence-electron chi connectivity index (χ2n) is 6.37. The van der Waals surface area contributed by atoms with Gasteiger partial charge < -0.3 is 15.5 Å². The van der Waals surface area contributed by atoms with Crippen LogP contribution in [0.4, 0.5) is 11.4 Å². The van der Waals surface area contributed by atoms with Gasteiger partial charge in [-0.1, -0.05) is 19.9 Å². The third-order valence-electron chi connectivity index (χ3n) is 3.79. The van der Waals surface area contributed by atoms with E-state index < -0.39 is 11.8 Å². The molecular weight excluding hydrogens is 294 g/mol. The Kier molecular flexibility index (Phi) is 5.36. The lowest BCUT2D eigenvalue weighted by molar-refractivity contribution is -0.144. The third kappa shape index (κ3) is 4.81. The molecule has 6 nitrogen and oxygen atoms in total. The average molecular weight is 317 g/mol. The highest BCUT2D eigenvalue weighted by atomic mass is 16.2. The first-order valence-electron chi connectivity index (χ1n) is 7.83. The number of carbonyl (C=O) groups excluding carboxylic acids is 3. The number of nitrogens with zero attached hydrogens (tertiary/aromatic N) is 1. The largest absolute Gasteiger partial charge is 0.334 e. The van der Waals surface area contributed by atoms with Crippen LogP contribution in [-0.2, 0) is 14.4 Å². The van der Waals surface area contributed by atoms with Crippen LogP contribution < -0.4 is 10.6 Å². The van der Waals surface area contributed by atoms with Crippen molar-refractivity contribution in [2.75, 3.05) is 23.7 Å². The Morgan fingerprint density at radius 3 is 2.17 bits per heavy atom. The van der Waals surface area contributed by atoms with Gasteiger partial charge in [-0.25, -0.2) is 0 Å². The second-order valence-corrected chi connectivity index (χ2v) is 6.37. The molecule has 0 bridgehead atoms. The molecule has 23 heavy (non-hydrogen) atoms. The Labute approximate surface area is 136 Å². The molecule has 0 aromatic heterocycles. The molecule has 2 N–H and O–H groups in total. The molecule has 2 rings (SSSR count). The number of benzene rings is 1. The van der Waals surface area contributed by atoms with Gasteiger partial charge in [0.25, 0.3) is 0 Å². The van der Waals surface area contributed by atoms with Crippen LogP contribution in [0.25, 0.3) is 0 Å². The first kappa shape index (κ1) is 17.0. The van der Waals surface area contributed by atoms with Crippen molar-refractivity contribution in [3.63, 3.8) is 0 Å². The summed E-state index contributed by atoms with van der Waals surface area (Å²) < 4.78 is 0. The standard InChI is InChI=1S/C17H23N3O3/c1-11-7-12(2)10-20(9-11)17(23)16(22)19-15-6-4-5-14(8-15)18-13(3)21/h4-6,8,11-12H,7,9-10H2,1-3H3,(H,18,21)(H,19,22). The lowest BCUT2D eigenvalue weighted by Crippen LogP contribution is -2.47. The van der Waals surface area contributed by atoms with Crippen molar-refractivity contribution in [1.29, 1.82) is 0 Å². The van der Waals surface area contributed by atoms with E-state index in [1.165, 1.54) is 6.92 Å². The van der Waals surface area contributed by atoms with Gasteiger partial charge >= 0.3 is 11.8 Å². The van der Waals surface area contributed by atoms with Crippen LogP contribution in [0.15, 0.2) is 24.3 Å². The quantitative estimate of drug-likeness (QED) is 0.820. The van der Waals surface area contributed by atoms with Gasteiger partial charge in [0.1, 0.15) is 0 Å². The summed E-state index contributed by atoms with van der Waals surface area (Å²) in [5.74, 6) is -0.544. The number of amides is 3. The Balaban J connectivity index is 2.01. The van der Waals surface area contributed by atoms with E-state index in [0.717, 1.165) is 6.42 Å². The normalized spacial score (nSPS) is 20.7. The second kappa shape index (κ2) is 7.26. The van der Waals surface area contributed by atoms with Gasteiger partial charge in [0.2, 0.25) is 5.91 Å². The van der Waals surface area contributed by atoms with Gasteiger partial charge in [-0.05, 0) is 36.5 Å². The molecule has 124 valence electrons. The molecule has 6 heteroatoms. The molecule has 0 aliphatic carbocycles. The van der Waals surface area contributed by atoms with Crippen molar-refractivity contribution in [2.45, 2.75) is 27.2 Å². The van der Waals surface area contributed by atoms with Crippen molar-refractivity contribution in [3.05, 3.63) is 24.3 Å². The minimum atomic E-state index is -0.647. The summed E-state index contributed by atoms with van der Waals surface area (Å²) in [7, 11) is 0.